The molecule has 15 heteroatoms. The van der Waals surface area contributed by atoms with Gasteiger partial charge in [-0.15, -0.1) is 0 Å². The zero-order valence-electron chi connectivity index (χ0n) is 19.1. The number of aliphatic hydroxyl groups is 1. The van der Waals surface area contributed by atoms with Crippen molar-refractivity contribution in [2.24, 2.45) is 0 Å². The smallest absolute Gasteiger partial charge is 0.475 e. The van der Waals surface area contributed by atoms with Gasteiger partial charge in [-0.2, -0.15) is 13.2 Å². The van der Waals surface area contributed by atoms with Gasteiger partial charge in [0, 0.05) is 16.7 Å². The fourth-order valence-electron chi connectivity index (χ4n) is 3.98. The number of carboxylic acids is 1. The summed E-state index contributed by atoms with van der Waals surface area (Å²) in [5.41, 5.74) is -0.673. The Kier molecular flexibility index (Phi) is 6.93. The van der Waals surface area contributed by atoms with Crippen LogP contribution in [0.1, 0.15) is 21.5 Å². The lowest BCUT2D eigenvalue weighted by Gasteiger charge is -2.35. The van der Waals surface area contributed by atoms with Gasteiger partial charge in [-0.1, -0.05) is 41.9 Å². The van der Waals surface area contributed by atoms with Crippen LogP contribution >= 0.6 is 11.6 Å². The average molecular weight is 567 g/mol. The molecule has 1 aromatic heterocycles. The minimum Gasteiger partial charge on any atom is -0.475 e. The molecule has 2 heterocycles. The molecule has 2 amide bonds. The van der Waals surface area contributed by atoms with E-state index in [2.05, 4.69) is 15.3 Å². The summed E-state index contributed by atoms with van der Waals surface area (Å²) in [5.74, 6) is -4.20. The number of aromatic amines is 1. The Morgan fingerprint density at radius 1 is 1.05 bits per heavy atom. The summed E-state index contributed by atoms with van der Waals surface area (Å²) in [6, 6.07) is 15.3. The summed E-state index contributed by atoms with van der Waals surface area (Å²) in [7, 11) is 0. The predicted molar refractivity (Wildman–Crippen MR) is 129 cm³/mol. The molecule has 0 bridgehead atoms. The molecule has 10 nitrogen and oxygen atoms in total. The topological polar surface area (TPSA) is 156 Å². The molecule has 1 aliphatic rings. The fourth-order valence-corrected chi connectivity index (χ4v) is 4.15. The molecule has 4 aromatic rings. The largest absolute Gasteiger partial charge is 0.490 e. The van der Waals surface area contributed by atoms with E-state index in [1.54, 1.807) is 36.4 Å². The number of fused-ring (bicyclic) bond motifs is 2. The Balaban J connectivity index is 0.000000448. The van der Waals surface area contributed by atoms with Crippen LogP contribution in [0.3, 0.4) is 0 Å². The molecule has 1 unspecified atom stereocenters. The molecule has 5 N–H and O–H groups in total. The lowest BCUT2D eigenvalue weighted by Crippen LogP contribution is -2.45. The molecular weight excluding hydrogens is 552 g/mol. The van der Waals surface area contributed by atoms with E-state index in [9.17, 15) is 32.3 Å². The fraction of sp³-hybridized carbons (Fsp3) is 0.0833. The number of anilines is 2. The average Bonchev–Trinajstić information content (AvgIpc) is 3.36. The van der Waals surface area contributed by atoms with E-state index in [4.69, 9.17) is 26.6 Å². The van der Waals surface area contributed by atoms with Crippen LogP contribution in [0.4, 0.5) is 34.0 Å². The number of carbonyl (C=O) groups excluding carboxylic acids is 1. The zero-order valence-corrected chi connectivity index (χ0v) is 19.9. The molecule has 0 saturated heterocycles. The van der Waals surface area contributed by atoms with Crippen LogP contribution in [0.5, 0.6) is 0 Å². The van der Waals surface area contributed by atoms with Gasteiger partial charge in [-0.25, -0.2) is 19.0 Å². The van der Waals surface area contributed by atoms with E-state index in [0.29, 0.717) is 11.0 Å². The number of hydrogen-bond donors (Lipinski definition) is 5. The number of carboxylic acid groups (broad SMARTS) is 2. The van der Waals surface area contributed by atoms with Gasteiger partial charge in [0.15, 0.2) is 11.5 Å². The highest BCUT2D eigenvalue weighted by molar-refractivity contribution is 6.31. The second-order valence-electron chi connectivity index (χ2n) is 7.98. The number of nitrogens with zero attached hydrogens (tertiary/aromatic N) is 2. The first-order valence-electron chi connectivity index (χ1n) is 10.7. The highest BCUT2D eigenvalue weighted by Gasteiger charge is 2.51. The van der Waals surface area contributed by atoms with Crippen molar-refractivity contribution >= 4 is 52.2 Å². The van der Waals surface area contributed by atoms with E-state index in [1.165, 1.54) is 24.3 Å². The van der Waals surface area contributed by atoms with Crippen molar-refractivity contribution in [1.82, 2.24) is 9.97 Å². The summed E-state index contributed by atoms with van der Waals surface area (Å²) < 4.78 is 46.7. The number of carbonyl (C=O) groups is 3. The van der Waals surface area contributed by atoms with Crippen molar-refractivity contribution < 1.29 is 47.3 Å². The molecule has 39 heavy (non-hydrogen) atoms. The molecule has 0 fully saturated rings. The van der Waals surface area contributed by atoms with E-state index in [0.717, 1.165) is 4.90 Å². The van der Waals surface area contributed by atoms with Gasteiger partial charge in [0.05, 0.1) is 21.7 Å². The number of aromatic nitrogens is 2. The standard InChI is InChI=1S/C22H14ClFN4O4.C2HF3O2/c23-14-6-3-7-17(18(14)24)28-19(29)12-4-1-2-5-13(12)22(28,32)11-8-9-15-16(10-11)26-20(25-15)27-21(30)31;3-2(4,5)1(6)7/h1-10,32H,(H,30,31)(H2,25,26,27);(H,6,7). The molecule has 0 radical (unpaired) electrons. The maximum Gasteiger partial charge on any atom is 0.490 e. The Labute approximate surface area is 220 Å². The second-order valence-corrected chi connectivity index (χ2v) is 8.39. The van der Waals surface area contributed by atoms with Gasteiger partial charge < -0.3 is 20.3 Å². The summed E-state index contributed by atoms with van der Waals surface area (Å²) in [5, 5.41) is 29.9. The Hall–Kier alpha value is -4.69. The minimum atomic E-state index is -5.08. The van der Waals surface area contributed by atoms with Gasteiger partial charge in [0.2, 0.25) is 5.95 Å². The van der Waals surface area contributed by atoms with Gasteiger partial charge in [-0.3, -0.25) is 15.0 Å². The van der Waals surface area contributed by atoms with Gasteiger partial charge in [0.1, 0.15) is 0 Å². The SMILES string of the molecule is O=C(O)C(F)(F)F.O=C(O)Nc1nc2ccc(C3(O)c4ccccc4C(=O)N3c3cccc(Cl)c3F)cc2[nH]1. The van der Waals surface area contributed by atoms with Crippen LogP contribution in [-0.2, 0) is 10.5 Å². The number of rotatable bonds is 3. The van der Waals surface area contributed by atoms with E-state index in [-0.39, 0.29) is 33.3 Å². The minimum absolute atomic E-state index is 0.00252. The third-order valence-corrected chi connectivity index (χ3v) is 5.88. The van der Waals surface area contributed by atoms with Crippen LogP contribution in [0.15, 0.2) is 60.7 Å². The number of H-pyrrole nitrogens is 1. The van der Waals surface area contributed by atoms with Crippen molar-refractivity contribution in [3.8, 4) is 0 Å². The van der Waals surface area contributed by atoms with Crippen molar-refractivity contribution in [1.29, 1.82) is 0 Å². The predicted octanol–water partition coefficient (Wildman–Crippen LogP) is 4.93. The number of alkyl halides is 3. The quantitative estimate of drug-likeness (QED) is 0.220. The second kappa shape index (κ2) is 9.89. The first kappa shape index (κ1) is 27.3. The normalized spacial score (nSPS) is 16.5. The zero-order chi connectivity index (χ0) is 28.7. The molecule has 1 atom stereocenters. The van der Waals surface area contributed by atoms with Crippen molar-refractivity contribution in [3.05, 3.63) is 88.2 Å². The summed E-state index contributed by atoms with van der Waals surface area (Å²) in [6.07, 6.45) is -6.37. The Bertz CT molecular complexity index is 1630. The molecule has 0 aliphatic carbocycles. The summed E-state index contributed by atoms with van der Waals surface area (Å²) >= 11 is 5.95. The van der Waals surface area contributed by atoms with Gasteiger partial charge in [0.25, 0.3) is 5.91 Å². The molecule has 0 spiro atoms. The van der Waals surface area contributed by atoms with E-state index >= 15 is 0 Å². The monoisotopic (exact) mass is 566 g/mol. The maximum absolute atomic E-state index is 15.0. The van der Waals surface area contributed by atoms with E-state index < -0.39 is 35.7 Å². The first-order valence-corrected chi connectivity index (χ1v) is 11.0. The number of halogens is 5. The Morgan fingerprint density at radius 2 is 1.72 bits per heavy atom. The first-order chi connectivity index (χ1) is 18.2. The molecule has 3 aromatic carbocycles. The third kappa shape index (κ3) is 4.94. The van der Waals surface area contributed by atoms with Crippen molar-refractivity contribution in [2.75, 3.05) is 10.2 Å². The van der Waals surface area contributed by atoms with Crippen molar-refractivity contribution in [2.45, 2.75) is 11.9 Å². The van der Waals surface area contributed by atoms with Crippen LogP contribution in [0, 0.1) is 5.82 Å². The third-order valence-electron chi connectivity index (χ3n) is 5.58. The Morgan fingerprint density at radius 3 is 2.36 bits per heavy atom. The molecule has 5 rings (SSSR count). The van der Waals surface area contributed by atoms with Gasteiger partial charge >= 0.3 is 18.2 Å². The summed E-state index contributed by atoms with van der Waals surface area (Å²) in [6.45, 7) is 0. The van der Waals surface area contributed by atoms with Crippen LogP contribution in [-0.4, -0.2) is 49.4 Å². The lowest BCUT2D eigenvalue weighted by molar-refractivity contribution is -0.192. The van der Waals surface area contributed by atoms with Crippen LogP contribution < -0.4 is 10.2 Å². The molecule has 202 valence electrons. The number of hydrogen-bond acceptors (Lipinski definition) is 5. The number of aliphatic carboxylic acids is 1. The maximum atomic E-state index is 15.0. The summed E-state index contributed by atoms with van der Waals surface area (Å²) in [4.78, 5) is 41.0. The molecule has 1 aliphatic heterocycles. The number of nitrogens with one attached hydrogen (secondary N) is 2. The molecule has 0 saturated carbocycles. The lowest BCUT2D eigenvalue weighted by atomic mass is 9.93. The van der Waals surface area contributed by atoms with Gasteiger partial charge in [-0.05, 0) is 30.3 Å². The highest BCUT2D eigenvalue weighted by Crippen LogP contribution is 2.46. The number of amides is 2. The molecular formula is C24H15ClF4N4O6. The van der Waals surface area contributed by atoms with Crippen LogP contribution in [0.25, 0.3) is 11.0 Å². The highest BCUT2D eigenvalue weighted by atomic mass is 35.5. The van der Waals surface area contributed by atoms with E-state index in [1.807, 2.05) is 0 Å². The number of imidazole rings is 1. The van der Waals surface area contributed by atoms with Crippen molar-refractivity contribution in [3.63, 3.8) is 0 Å². The van der Waals surface area contributed by atoms with Crippen LogP contribution in [0.2, 0.25) is 5.02 Å². The number of benzene rings is 3.